The van der Waals surface area contributed by atoms with E-state index in [9.17, 15) is 4.79 Å². The van der Waals surface area contributed by atoms with E-state index in [1.807, 2.05) is 32.9 Å². The molecule has 88 valence electrons. The lowest BCUT2D eigenvalue weighted by Crippen LogP contribution is -2.24. The van der Waals surface area contributed by atoms with Gasteiger partial charge in [0.2, 0.25) is 0 Å². The summed E-state index contributed by atoms with van der Waals surface area (Å²) in [5.41, 5.74) is -0.404. The standard InChI is InChI=1S/C12H22O3/c1-5-6-7-9-14-10-8-11(13)15-12(2,3)4/h6-7H,5,8-10H2,1-4H3/b7-6-. The predicted octanol–water partition coefficient (Wildman–Crippen LogP) is 2.70. The summed E-state index contributed by atoms with van der Waals surface area (Å²) in [6.07, 6.45) is 5.31. The van der Waals surface area contributed by atoms with Crippen molar-refractivity contribution in [3.05, 3.63) is 12.2 Å². The second-order valence-electron chi connectivity index (χ2n) is 4.29. The van der Waals surface area contributed by atoms with Crippen molar-refractivity contribution in [1.29, 1.82) is 0 Å². The average Bonchev–Trinajstić information content (AvgIpc) is 2.08. The van der Waals surface area contributed by atoms with Gasteiger partial charge in [-0.05, 0) is 27.2 Å². The van der Waals surface area contributed by atoms with E-state index in [0.717, 1.165) is 6.42 Å². The van der Waals surface area contributed by atoms with Gasteiger partial charge in [0.25, 0.3) is 0 Å². The molecule has 0 N–H and O–H groups in total. The summed E-state index contributed by atoms with van der Waals surface area (Å²) < 4.78 is 10.4. The minimum absolute atomic E-state index is 0.207. The van der Waals surface area contributed by atoms with Gasteiger partial charge in [-0.25, -0.2) is 0 Å². The summed E-state index contributed by atoms with van der Waals surface area (Å²) in [4.78, 5) is 11.2. The van der Waals surface area contributed by atoms with E-state index in [-0.39, 0.29) is 5.97 Å². The third-order valence-corrected chi connectivity index (χ3v) is 1.49. The predicted molar refractivity (Wildman–Crippen MR) is 60.7 cm³/mol. The number of hydrogen-bond donors (Lipinski definition) is 0. The molecule has 3 heteroatoms. The Morgan fingerprint density at radius 3 is 2.47 bits per heavy atom. The summed E-state index contributed by atoms with van der Waals surface area (Å²) in [7, 11) is 0. The molecule has 0 aromatic rings. The molecular formula is C12H22O3. The van der Waals surface area contributed by atoms with Crippen LogP contribution in [0.25, 0.3) is 0 Å². The van der Waals surface area contributed by atoms with E-state index in [1.165, 1.54) is 0 Å². The van der Waals surface area contributed by atoms with Crippen molar-refractivity contribution in [3.63, 3.8) is 0 Å². The summed E-state index contributed by atoms with van der Waals surface area (Å²) in [6, 6.07) is 0. The Morgan fingerprint density at radius 2 is 1.93 bits per heavy atom. The van der Waals surface area contributed by atoms with Crippen molar-refractivity contribution in [3.8, 4) is 0 Å². The number of rotatable bonds is 6. The van der Waals surface area contributed by atoms with Crippen molar-refractivity contribution in [2.75, 3.05) is 13.2 Å². The molecule has 0 amide bonds. The van der Waals surface area contributed by atoms with Crippen LogP contribution in [0.2, 0.25) is 0 Å². The van der Waals surface area contributed by atoms with Crippen molar-refractivity contribution >= 4 is 5.97 Å². The van der Waals surface area contributed by atoms with Crippen molar-refractivity contribution in [1.82, 2.24) is 0 Å². The largest absolute Gasteiger partial charge is 0.460 e. The lowest BCUT2D eigenvalue weighted by atomic mass is 10.2. The summed E-state index contributed by atoms with van der Waals surface area (Å²) in [6.45, 7) is 8.62. The molecule has 0 heterocycles. The molecule has 0 aromatic heterocycles. The maximum absolute atomic E-state index is 11.2. The Labute approximate surface area is 92.5 Å². The first kappa shape index (κ1) is 14.2. The fourth-order valence-corrected chi connectivity index (χ4v) is 0.934. The normalized spacial score (nSPS) is 12.0. The smallest absolute Gasteiger partial charge is 0.308 e. The van der Waals surface area contributed by atoms with E-state index in [1.54, 1.807) is 0 Å². The molecule has 0 aliphatic carbocycles. The fraction of sp³-hybridized carbons (Fsp3) is 0.750. The van der Waals surface area contributed by atoms with Crippen LogP contribution in [0.15, 0.2) is 12.2 Å². The Hall–Kier alpha value is -0.830. The minimum atomic E-state index is -0.404. The van der Waals surface area contributed by atoms with Crippen molar-refractivity contribution in [2.24, 2.45) is 0 Å². The molecule has 15 heavy (non-hydrogen) atoms. The lowest BCUT2D eigenvalue weighted by Gasteiger charge is -2.19. The Morgan fingerprint density at radius 1 is 1.27 bits per heavy atom. The van der Waals surface area contributed by atoms with Crippen LogP contribution in [0.4, 0.5) is 0 Å². The Balaban J connectivity index is 3.44. The van der Waals surface area contributed by atoms with Gasteiger partial charge in [0.15, 0.2) is 0 Å². The van der Waals surface area contributed by atoms with E-state index >= 15 is 0 Å². The first-order valence-corrected chi connectivity index (χ1v) is 5.40. The van der Waals surface area contributed by atoms with Crippen LogP contribution < -0.4 is 0 Å². The maximum Gasteiger partial charge on any atom is 0.308 e. The van der Waals surface area contributed by atoms with Crippen LogP contribution in [0.5, 0.6) is 0 Å². The van der Waals surface area contributed by atoms with Crippen LogP contribution in [0.1, 0.15) is 40.5 Å². The molecule has 0 aliphatic heterocycles. The van der Waals surface area contributed by atoms with Crippen LogP contribution in [0, 0.1) is 0 Å². The average molecular weight is 214 g/mol. The maximum atomic E-state index is 11.2. The highest BCUT2D eigenvalue weighted by molar-refractivity contribution is 5.69. The van der Waals surface area contributed by atoms with Gasteiger partial charge < -0.3 is 9.47 Å². The number of carbonyl (C=O) groups excluding carboxylic acids is 1. The van der Waals surface area contributed by atoms with Crippen LogP contribution >= 0.6 is 0 Å². The molecule has 0 radical (unpaired) electrons. The quantitative estimate of drug-likeness (QED) is 0.387. The summed E-state index contributed by atoms with van der Waals surface area (Å²) >= 11 is 0. The second kappa shape index (κ2) is 7.46. The molecular weight excluding hydrogens is 192 g/mol. The molecule has 3 nitrogen and oxygen atoms in total. The molecule has 0 saturated carbocycles. The van der Waals surface area contributed by atoms with Gasteiger partial charge in [0.05, 0.1) is 19.6 Å². The van der Waals surface area contributed by atoms with Crippen molar-refractivity contribution in [2.45, 2.75) is 46.1 Å². The molecule has 0 aromatic carbocycles. The van der Waals surface area contributed by atoms with Gasteiger partial charge in [-0.1, -0.05) is 19.1 Å². The van der Waals surface area contributed by atoms with E-state index in [0.29, 0.717) is 19.6 Å². The topological polar surface area (TPSA) is 35.5 Å². The molecule has 0 spiro atoms. The van der Waals surface area contributed by atoms with Gasteiger partial charge in [-0.15, -0.1) is 0 Å². The summed E-state index contributed by atoms with van der Waals surface area (Å²) in [5.74, 6) is -0.207. The third kappa shape index (κ3) is 11.1. The van der Waals surface area contributed by atoms with Crippen LogP contribution in [-0.4, -0.2) is 24.8 Å². The molecule has 0 bridgehead atoms. The van der Waals surface area contributed by atoms with Crippen molar-refractivity contribution < 1.29 is 14.3 Å². The number of esters is 1. The summed E-state index contributed by atoms with van der Waals surface area (Å²) in [5, 5.41) is 0. The first-order valence-electron chi connectivity index (χ1n) is 5.40. The molecule has 0 atom stereocenters. The zero-order chi connectivity index (χ0) is 11.7. The molecule has 0 saturated heterocycles. The fourth-order valence-electron chi connectivity index (χ4n) is 0.934. The molecule has 0 unspecified atom stereocenters. The first-order chi connectivity index (χ1) is 6.95. The molecule has 0 rings (SSSR count). The van der Waals surface area contributed by atoms with Crippen LogP contribution in [0.3, 0.4) is 0 Å². The third-order valence-electron chi connectivity index (χ3n) is 1.49. The minimum Gasteiger partial charge on any atom is -0.460 e. The van der Waals surface area contributed by atoms with E-state index in [2.05, 4.69) is 6.92 Å². The van der Waals surface area contributed by atoms with E-state index in [4.69, 9.17) is 9.47 Å². The number of carbonyl (C=O) groups is 1. The van der Waals surface area contributed by atoms with Crippen LogP contribution in [-0.2, 0) is 14.3 Å². The SMILES string of the molecule is CC/C=C\COCCC(=O)OC(C)(C)C. The number of ether oxygens (including phenoxy) is 2. The van der Waals surface area contributed by atoms with Gasteiger partial charge in [-0.2, -0.15) is 0 Å². The monoisotopic (exact) mass is 214 g/mol. The zero-order valence-electron chi connectivity index (χ0n) is 10.2. The highest BCUT2D eigenvalue weighted by atomic mass is 16.6. The highest BCUT2D eigenvalue weighted by Gasteiger charge is 2.15. The Bertz CT molecular complexity index is 201. The van der Waals surface area contributed by atoms with Gasteiger partial charge in [0.1, 0.15) is 5.60 Å². The Kier molecular flexibility index (Phi) is 7.05. The highest BCUT2D eigenvalue weighted by Crippen LogP contribution is 2.07. The van der Waals surface area contributed by atoms with Gasteiger partial charge in [0, 0.05) is 0 Å². The number of hydrogen-bond acceptors (Lipinski definition) is 3. The number of allylic oxidation sites excluding steroid dienone is 1. The van der Waals surface area contributed by atoms with Gasteiger partial charge >= 0.3 is 5.97 Å². The lowest BCUT2D eigenvalue weighted by molar-refractivity contribution is -0.155. The molecule has 0 fully saturated rings. The van der Waals surface area contributed by atoms with E-state index < -0.39 is 5.60 Å². The zero-order valence-corrected chi connectivity index (χ0v) is 10.2. The van der Waals surface area contributed by atoms with Gasteiger partial charge in [-0.3, -0.25) is 4.79 Å². The molecule has 0 aliphatic rings. The second-order valence-corrected chi connectivity index (χ2v) is 4.29.